The van der Waals surface area contributed by atoms with Gasteiger partial charge in [0.1, 0.15) is 0 Å². The smallest absolute Gasteiger partial charge is 0.228 e. The Morgan fingerprint density at radius 2 is 1.62 bits per heavy atom. The van der Waals surface area contributed by atoms with Crippen molar-refractivity contribution in [1.29, 1.82) is 0 Å². The molecule has 3 nitrogen and oxygen atoms in total. The Hall–Kier alpha value is -2.13. The Morgan fingerprint density at radius 1 is 1.00 bits per heavy atom. The Kier molecular flexibility index (Phi) is 5.52. The summed E-state index contributed by atoms with van der Waals surface area (Å²) in [6.07, 6.45) is 0. The van der Waals surface area contributed by atoms with Gasteiger partial charge in [-0.2, -0.15) is 0 Å². The minimum atomic E-state index is -0.0428. The molecular formula is C18H22N2O. The van der Waals surface area contributed by atoms with Crippen molar-refractivity contribution in [1.82, 2.24) is 5.32 Å². The summed E-state index contributed by atoms with van der Waals surface area (Å²) in [4.78, 5) is 12.0. The van der Waals surface area contributed by atoms with E-state index >= 15 is 0 Å². The largest absolute Gasteiger partial charge is 0.326 e. The second kappa shape index (κ2) is 7.60. The Balaban J connectivity index is 1.98. The molecule has 0 saturated heterocycles. The summed E-state index contributed by atoms with van der Waals surface area (Å²) in [6.45, 7) is 5.54. The third-order valence-electron chi connectivity index (χ3n) is 3.41. The molecule has 0 aliphatic rings. The SMILES string of the molecule is CCNCC(C)C(=O)Nc1ccc(-c2ccccc2)cc1. The molecule has 0 aromatic heterocycles. The van der Waals surface area contributed by atoms with E-state index in [-0.39, 0.29) is 11.8 Å². The van der Waals surface area contributed by atoms with Crippen LogP contribution >= 0.6 is 0 Å². The highest BCUT2D eigenvalue weighted by Crippen LogP contribution is 2.21. The Morgan fingerprint density at radius 3 is 2.24 bits per heavy atom. The molecule has 0 bridgehead atoms. The summed E-state index contributed by atoms with van der Waals surface area (Å²) in [5, 5.41) is 6.13. The van der Waals surface area contributed by atoms with E-state index in [9.17, 15) is 4.79 Å². The van der Waals surface area contributed by atoms with E-state index < -0.39 is 0 Å². The van der Waals surface area contributed by atoms with Crippen LogP contribution in [0.3, 0.4) is 0 Å². The number of hydrogen-bond donors (Lipinski definition) is 2. The van der Waals surface area contributed by atoms with Crippen LogP contribution in [0.4, 0.5) is 5.69 Å². The van der Waals surface area contributed by atoms with Gasteiger partial charge in [0.15, 0.2) is 0 Å². The lowest BCUT2D eigenvalue weighted by atomic mass is 10.1. The normalized spacial score (nSPS) is 11.9. The standard InChI is InChI=1S/C18H22N2O/c1-3-19-13-14(2)18(21)20-17-11-9-16(10-12-17)15-7-5-4-6-8-15/h4-12,14,19H,3,13H2,1-2H3,(H,20,21). The first kappa shape index (κ1) is 15.3. The second-order valence-corrected chi connectivity index (χ2v) is 5.14. The molecule has 0 fully saturated rings. The fourth-order valence-corrected chi connectivity index (χ4v) is 2.10. The van der Waals surface area contributed by atoms with Crippen LogP contribution in [0.5, 0.6) is 0 Å². The summed E-state index contributed by atoms with van der Waals surface area (Å²) >= 11 is 0. The van der Waals surface area contributed by atoms with E-state index in [0.29, 0.717) is 6.54 Å². The summed E-state index contributed by atoms with van der Waals surface area (Å²) in [5.74, 6) is 0.00200. The number of nitrogens with one attached hydrogen (secondary N) is 2. The molecule has 1 unspecified atom stereocenters. The first-order valence-corrected chi connectivity index (χ1v) is 7.37. The highest BCUT2D eigenvalue weighted by atomic mass is 16.1. The zero-order valence-corrected chi connectivity index (χ0v) is 12.6. The molecule has 1 amide bonds. The van der Waals surface area contributed by atoms with E-state index in [1.807, 2.05) is 56.3 Å². The lowest BCUT2D eigenvalue weighted by molar-refractivity contribution is -0.119. The number of rotatable bonds is 6. The number of carbonyl (C=O) groups excluding carboxylic acids is 1. The maximum atomic E-state index is 12.0. The van der Waals surface area contributed by atoms with Gasteiger partial charge in [0.05, 0.1) is 0 Å². The van der Waals surface area contributed by atoms with E-state index in [1.165, 1.54) is 5.56 Å². The van der Waals surface area contributed by atoms with Crippen LogP contribution in [-0.4, -0.2) is 19.0 Å². The molecule has 0 spiro atoms. The minimum Gasteiger partial charge on any atom is -0.326 e. The van der Waals surface area contributed by atoms with Gasteiger partial charge in [0, 0.05) is 18.2 Å². The molecule has 2 aromatic rings. The summed E-state index contributed by atoms with van der Waals surface area (Å²) in [5.41, 5.74) is 3.16. The van der Waals surface area contributed by atoms with Crippen molar-refractivity contribution in [3.63, 3.8) is 0 Å². The minimum absolute atomic E-state index is 0.0428. The third-order valence-corrected chi connectivity index (χ3v) is 3.41. The number of hydrogen-bond acceptors (Lipinski definition) is 2. The van der Waals surface area contributed by atoms with Gasteiger partial charge in [-0.1, -0.05) is 56.3 Å². The number of amides is 1. The van der Waals surface area contributed by atoms with E-state index in [0.717, 1.165) is 17.8 Å². The molecule has 1 atom stereocenters. The monoisotopic (exact) mass is 282 g/mol. The highest BCUT2D eigenvalue weighted by Gasteiger charge is 2.12. The average Bonchev–Trinajstić information content (AvgIpc) is 2.54. The van der Waals surface area contributed by atoms with Crippen LogP contribution < -0.4 is 10.6 Å². The van der Waals surface area contributed by atoms with E-state index in [4.69, 9.17) is 0 Å². The van der Waals surface area contributed by atoms with Gasteiger partial charge in [0.25, 0.3) is 0 Å². The fraction of sp³-hybridized carbons (Fsp3) is 0.278. The molecule has 0 aliphatic heterocycles. The lowest BCUT2D eigenvalue weighted by Crippen LogP contribution is -2.30. The topological polar surface area (TPSA) is 41.1 Å². The van der Waals surface area contributed by atoms with Crippen molar-refractivity contribution < 1.29 is 4.79 Å². The molecule has 110 valence electrons. The molecule has 0 radical (unpaired) electrons. The number of benzene rings is 2. The second-order valence-electron chi connectivity index (χ2n) is 5.14. The maximum Gasteiger partial charge on any atom is 0.228 e. The van der Waals surface area contributed by atoms with Gasteiger partial charge >= 0.3 is 0 Å². The van der Waals surface area contributed by atoms with Crippen molar-refractivity contribution >= 4 is 11.6 Å². The van der Waals surface area contributed by atoms with Gasteiger partial charge in [-0.05, 0) is 29.8 Å². The van der Waals surface area contributed by atoms with Crippen LogP contribution in [0.1, 0.15) is 13.8 Å². The average molecular weight is 282 g/mol. The van der Waals surface area contributed by atoms with E-state index in [2.05, 4.69) is 22.8 Å². The number of anilines is 1. The summed E-state index contributed by atoms with van der Waals surface area (Å²) in [6, 6.07) is 18.1. The Labute approximate surface area is 126 Å². The van der Waals surface area contributed by atoms with Gasteiger partial charge in [-0.3, -0.25) is 4.79 Å². The zero-order chi connectivity index (χ0) is 15.1. The van der Waals surface area contributed by atoms with Gasteiger partial charge in [-0.15, -0.1) is 0 Å². The molecular weight excluding hydrogens is 260 g/mol. The zero-order valence-electron chi connectivity index (χ0n) is 12.6. The van der Waals surface area contributed by atoms with Crippen LogP contribution in [0, 0.1) is 5.92 Å². The maximum absolute atomic E-state index is 12.0. The molecule has 2 rings (SSSR count). The highest BCUT2D eigenvalue weighted by molar-refractivity contribution is 5.92. The summed E-state index contributed by atoms with van der Waals surface area (Å²) in [7, 11) is 0. The lowest BCUT2D eigenvalue weighted by Gasteiger charge is -2.12. The van der Waals surface area contributed by atoms with Gasteiger partial charge in [0.2, 0.25) is 5.91 Å². The molecule has 0 saturated carbocycles. The van der Waals surface area contributed by atoms with Crippen LogP contribution in [0.15, 0.2) is 54.6 Å². The predicted octanol–water partition coefficient (Wildman–Crippen LogP) is 3.54. The van der Waals surface area contributed by atoms with Crippen molar-refractivity contribution in [2.75, 3.05) is 18.4 Å². The predicted molar refractivity (Wildman–Crippen MR) is 88.2 cm³/mol. The van der Waals surface area contributed by atoms with Crippen molar-refractivity contribution in [2.45, 2.75) is 13.8 Å². The quantitative estimate of drug-likeness (QED) is 0.851. The van der Waals surface area contributed by atoms with Crippen LogP contribution in [0.2, 0.25) is 0 Å². The molecule has 2 aromatic carbocycles. The summed E-state index contributed by atoms with van der Waals surface area (Å²) < 4.78 is 0. The molecule has 0 aliphatic carbocycles. The Bertz CT molecular complexity index is 564. The van der Waals surface area contributed by atoms with Gasteiger partial charge in [-0.25, -0.2) is 0 Å². The van der Waals surface area contributed by atoms with Crippen molar-refractivity contribution in [3.8, 4) is 11.1 Å². The van der Waals surface area contributed by atoms with Gasteiger partial charge < -0.3 is 10.6 Å². The van der Waals surface area contributed by atoms with Crippen molar-refractivity contribution in [3.05, 3.63) is 54.6 Å². The van der Waals surface area contributed by atoms with Crippen LogP contribution in [0.25, 0.3) is 11.1 Å². The molecule has 21 heavy (non-hydrogen) atoms. The van der Waals surface area contributed by atoms with E-state index in [1.54, 1.807) is 0 Å². The fourth-order valence-electron chi connectivity index (χ4n) is 2.10. The molecule has 2 N–H and O–H groups in total. The van der Waals surface area contributed by atoms with Crippen LogP contribution in [-0.2, 0) is 4.79 Å². The third kappa shape index (κ3) is 4.43. The molecule has 0 heterocycles. The first-order valence-electron chi connectivity index (χ1n) is 7.37. The van der Waals surface area contributed by atoms with Crippen molar-refractivity contribution in [2.24, 2.45) is 5.92 Å². The number of carbonyl (C=O) groups is 1. The molecule has 3 heteroatoms. The first-order chi connectivity index (χ1) is 10.2.